The highest BCUT2D eigenvalue weighted by Gasteiger charge is 2.27. The molecule has 102 valence electrons. The highest BCUT2D eigenvalue weighted by molar-refractivity contribution is 7.11. The van der Waals surface area contributed by atoms with E-state index >= 15 is 0 Å². The lowest BCUT2D eigenvalue weighted by atomic mass is 10.0. The van der Waals surface area contributed by atoms with Gasteiger partial charge >= 0.3 is 0 Å². The second-order valence-electron chi connectivity index (χ2n) is 5.36. The maximum atomic E-state index is 4.67. The van der Waals surface area contributed by atoms with Crippen molar-refractivity contribution >= 4 is 11.3 Å². The van der Waals surface area contributed by atoms with Crippen LogP contribution < -0.4 is 5.32 Å². The van der Waals surface area contributed by atoms with Gasteiger partial charge in [0.2, 0.25) is 0 Å². The van der Waals surface area contributed by atoms with Crippen molar-refractivity contribution < 1.29 is 0 Å². The van der Waals surface area contributed by atoms with Gasteiger partial charge in [-0.25, -0.2) is 4.98 Å². The highest BCUT2D eigenvalue weighted by Crippen LogP contribution is 2.34. The van der Waals surface area contributed by atoms with Gasteiger partial charge in [0.1, 0.15) is 5.01 Å². The molecule has 0 amide bonds. The number of nitrogens with zero attached hydrogens (tertiary/aromatic N) is 2. The predicted octanol–water partition coefficient (Wildman–Crippen LogP) is 2.84. The van der Waals surface area contributed by atoms with Crippen LogP contribution in [-0.2, 0) is 6.42 Å². The third-order valence-corrected chi connectivity index (χ3v) is 4.84. The summed E-state index contributed by atoms with van der Waals surface area (Å²) in [4.78, 5) is 8.70. The maximum absolute atomic E-state index is 4.67. The Kier molecular flexibility index (Phi) is 5.15. The zero-order chi connectivity index (χ0) is 13.0. The van der Waals surface area contributed by atoms with Crippen molar-refractivity contribution in [2.75, 3.05) is 20.1 Å². The summed E-state index contributed by atoms with van der Waals surface area (Å²) in [6.07, 6.45) is 7.14. The van der Waals surface area contributed by atoms with Gasteiger partial charge in [-0.05, 0) is 53.2 Å². The Bertz CT molecular complexity index is 362. The zero-order valence-corrected chi connectivity index (χ0v) is 12.6. The van der Waals surface area contributed by atoms with Crippen LogP contribution in [0.25, 0.3) is 0 Å². The Labute approximate surface area is 115 Å². The summed E-state index contributed by atoms with van der Waals surface area (Å²) < 4.78 is 0. The first-order valence-electron chi connectivity index (χ1n) is 7.07. The van der Waals surface area contributed by atoms with E-state index in [4.69, 9.17) is 0 Å². The molecule has 1 saturated heterocycles. The van der Waals surface area contributed by atoms with Crippen molar-refractivity contribution in [2.45, 2.75) is 51.6 Å². The van der Waals surface area contributed by atoms with E-state index in [2.05, 4.69) is 35.2 Å². The molecule has 1 aliphatic heterocycles. The number of aromatic nitrogens is 1. The van der Waals surface area contributed by atoms with Crippen molar-refractivity contribution in [3.8, 4) is 0 Å². The van der Waals surface area contributed by atoms with Crippen LogP contribution in [0.5, 0.6) is 0 Å². The van der Waals surface area contributed by atoms with E-state index in [1.165, 1.54) is 35.7 Å². The topological polar surface area (TPSA) is 28.2 Å². The zero-order valence-electron chi connectivity index (χ0n) is 11.8. The molecule has 0 bridgehead atoms. The molecule has 0 spiro atoms. The van der Waals surface area contributed by atoms with Gasteiger partial charge in [0, 0.05) is 17.1 Å². The summed E-state index contributed by atoms with van der Waals surface area (Å²) in [7, 11) is 2.00. The summed E-state index contributed by atoms with van der Waals surface area (Å²) in [5, 5.41) is 4.53. The van der Waals surface area contributed by atoms with Gasteiger partial charge in [-0.3, -0.25) is 4.90 Å². The molecule has 1 atom stereocenters. The summed E-state index contributed by atoms with van der Waals surface area (Å²) >= 11 is 1.91. The Morgan fingerprint density at radius 2 is 2.33 bits per heavy atom. The fourth-order valence-electron chi connectivity index (χ4n) is 2.68. The van der Waals surface area contributed by atoms with Crippen LogP contribution in [0, 0.1) is 0 Å². The van der Waals surface area contributed by atoms with E-state index in [-0.39, 0.29) is 0 Å². The molecule has 1 fully saturated rings. The number of rotatable bonds is 5. The molecule has 1 aromatic heterocycles. The number of likely N-dealkylation sites (tertiary alicyclic amines) is 1. The standard InChI is InChI=1S/C14H25N3S/c1-11(2)17-9-5-4-6-13(17)14-16-10-12(18-14)7-8-15-3/h10-11,13,15H,4-9H2,1-3H3. The molecule has 1 N–H and O–H groups in total. The van der Waals surface area contributed by atoms with Gasteiger partial charge in [-0.2, -0.15) is 0 Å². The number of thiazole rings is 1. The summed E-state index contributed by atoms with van der Waals surface area (Å²) in [5.41, 5.74) is 0. The lowest BCUT2D eigenvalue weighted by Gasteiger charge is -2.37. The quantitative estimate of drug-likeness (QED) is 0.889. The van der Waals surface area contributed by atoms with Gasteiger partial charge in [-0.1, -0.05) is 6.42 Å². The fourth-order valence-corrected chi connectivity index (χ4v) is 3.75. The molecule has 0 aromatic carbocycles. The van der Waals surface area contributed by atoms with Gasteiger partial charge in [0.15, 0.2) is 0 Å². The van der Waals surface area contributed by atoms with E-state index in [9.17, 15) is 0 Å². The van der Waals surface area contributed by atoms with Crippen molar-refractivity contribution in [1.29, 1.82) is 0 Å². The Morgan fingerprint density at radius 1 is 1.50 bits per heavy atom. The Morgan fingerprint density at radius 3 is 3.06 bits per heavy atom. The first kappa shape index (κ1) is 14.0. The molecule has 0 aliphatic carbocycles. The number of hydrogen-bond acceptors (Lipinski definition) is 4. The van der Waals surface area contributed by atoms with Crippen LogP contribution in [-0.4, -0.2) is 36.1 Å². The normalized spacial score (nSPS) is 21.7. The van der Waals surface area contributed by atoms with Gasteiger partial charge in [0.25, 0.3) is 0 Å². The van der Waals surface area contributed by atoms with E-state index < -0.39 is 0 Å². The molecule has 1 aromatic rings. The summed E-state index contributed by atoms with van der Waals surface area (Å²) in [6.45, 7) is 6.87. The van der Waals surface area contributed by atoms with Crippen LogP contribution in [0.2, 0.25) is 0 Å². The van der Waals surface area contributed by atoms with Crippen LogP contribution in [0.1, 0.15) is 49.0 Å². The van der Waals surface area contributed by atoms with Crippen molar-refractivity contribution in [1.82, 2.24) is 15.2 Å². The van der Waals surface area contributed by atoms with Gasteiger partial charge < -0.3 is 5.32 Å². The minimum absolute atomic E-state index is 0.562. The van der Waals surface area contributed by atoms with Crippen molar-refractivity contribution in [3.05, 3.63) is 16.1 Å². The summed E-state index contributed by atoms with van der Waals surface area (Å²) in [5.74, 6) is 0. The average molecular weight is 267 g/mol. The molecule has 18 heavy (non-hydrogen) atoms. The first-order chi connectivity index (χ1) is 8.72. The van der Waals surface area contributed by atoms with E-state index in [1.807, 2.05) is 18.4 Å². The minimum atomic E-state index is 0.562. The molecule has 3 nitrogen and oxygen atoms in total. The number of hydrogen-bond donors (Lipinski definition) is 1. The third-order valence-electron chi connectivity index (χ3n) is 3.69. The van der Waals surface area contributed by atoms with Crippen LogP contribution in [0.4, 0.5) is 0 Å². The Hall–Kier alpha value is -0.450. The predicted molar refractivity (Wildman–Crippen MR) is 78.2 cm³/mol. The molecular weight excluding hydrogens is 242 g/mol. The molecular formula is C14H25N3S. The minimum Gasteiger partial charge on any atom is -0.319 e. The van der Waals surface area contributed by atoms with Gasteiger partial charge in [0.05, 0.1) is 6.04 Å². The second-order valence-corrected chi connectivity index (χ2v) is 6.51. The van der Waals surface area contributed by atoms with Crippen LogP contribution in [0.3, 0.4) is 0 Å². The molecule has 1 aliphatic rings. The van der Waals surface area contributed by atoms with Crippen LogP contribution in [0.15, 0.2) is 6.20 Å². The smallest absolute Gasteiger partial charge is 0.110 e. The number of piperidine rings is 1. The SMILES string of the molecule is CNCCc1cnc(C2CCCCN2C(C)C)s1. The monoisotopic (exact) mass is 267 g/mol. The summed E-state index contributed by atoms with van der Waals surface area (Å²) in [6, 6.07) is 1.19. The van der Waals surface area contributed by atoms with Crippen molar-refractivity contribution in [2.24, 2.45) is 0 Å². The van der Waals surface area contributed by atoms with E-state index in [1.54, 1.807) is 0 Å². The lowest BCUT2D eigenvalue weighted by Crippen LogP contribution is -2.38. The highest BCUT2D eigenvalue weighted by atomic mass is 32.1. The largest absolute Gasteiger partial charge is 0.319 e. The maximum Gasteiger partial charge on any atom is 0.110 e. The van der Waals surface area contributed by atoms with E-state index in [0.29, 0.717) is 12.1 Å². The number of nitrogens with one attached hydrogen (secondary N) is 1. The van der Waals surface area contributed by atoms with Crippen molar-refractivity contribution in [3.63, 3.8) is 0 Å². The van der Waals surface area contributed by atoms with Gasteiger partial charge in [-0.15, -0.1) is 11.3 Å². The average Bonchev–Trinajstić information content (AvgIpc) is 2.85. The number of likely N-dealkylation sites (N-methyl/N-ethyl adjacent to an activating group) is 1. The third kappa shape index (κ3) is 3.31. The lowest BCUT2D eigenvalue weighted by molar-refractivity contribution is 0.112. The molecule has 0 saturated carbocycles. The fraction of sp³-hybridized carbons (Fsp3) is 0.786. The molecule has 4 heteroatoms. The first-order valence-corrected chi connectivity index (χ1v) is 7.89. The van der Waals surface area contributed by atoms with E-state index in [0.717, 1.165) is 13.0 Å². The van der Waals surface area contributed by atoms with Crippen LogP contribution >= 0.6 is 11.3 Å². The Balaban J connectivity index is 2.06. The molecule has 2 rings (SSSR count). The molecule has 1 unspecified atom stereocenters. The molecule has 0 radical (unpaired) electrons. The second kappa shape index (κ2) is 6.64. The molecule has 2 heterocycles.